The summed E-state index contributed by atoms with van der Waals surface area (Å²) < 4.78 is 0. The van der Waals surface area contributed by atoms with Crippen molar-refractivity contribution in [3.63, 3.8) is 0 Å². The van der Waals surface area contributed by atoms with Crippen LogP contribution in [0.1, 0.15) is 49.3 Å². The third-order valence-electron chi connectivity index (χ3n) is 5.73. The minimum atomic E-state index is -0.535. The predicted octanol–water partition coefficient (Wildman–Crippen LogP) is 5.36. The van der Waals surface area contributed by atoms with E-state index in [1.807, 2.05) is 31.2 Å². The van der Waals surface area contributed by atoms with Gasteiger partial charge in [-0.15, -0.1) is 11.8 Å². The second-order valence-electron chi connectivity index (χ2n) is 8.30. The van der Waals surface area contributed by atoms with Crippen molar-refractivity contribution < 1.29 is 9.59 Å². The van der Waals surface area contributed by atoms with Gasteiger partial charge in [0.25, 0.3) is 0 Å². The van der Waals surface area contributed by atoms with Gasteiger partial charge in [0, 0.05) is 23.4 Å². The fraction of sp³-hybridized carbons (Fsp3) is 0.440. The average Bonchev–Trinajstić information content (AvgIpc) is 3.26. The fourth-order valence-electron chi connectivity index (χ4n) is 3.83. The first-order chi connectivity index (χ1) is 14.9. The number of carbonyl (C=O) groups excluding carboxylic acids is 2. The molecule has 2 aromatic carbocycles. The summed E-state index contributed by atoms with van der Waals surface area (Å²) in [6.07, 6.45) is 4.35. The van der Waals surface area contributed by atoms with Gasteiger partial charge in [-0.1, -0.05) is 66.4 Å². The molecule has 0 aromatic heterocycles. The largest absolute Gasteiger partial charge is 0.352 e. The van der Waals surface area contributed by atoms with Crippen molar-refractivity contribution in [2.75, 3.05) is 5.75 Å². The molecule has 1 aliphatic rings. The summed E-state index contributed by atoms with van der Waals surface area (Å²) in [5, 5.41) is 3.76. The standard InChI is InChI=1S/C25H31ClN2O2S/c1-18-10-12-20(13-11-18)16-31-17-24(29)28(15-21-6-5-7-22(26)14-21)19(2)25(30)27-23-8-3-4-9-23/h5-7,10-14,19,23H,3-4,8-9,15-17H2,1-2H3,(H,27,30). The third kappa shape index (κ3) is 7.29. The molecule has 2 aromatic rings. The first-order valence-corrected chi connectivity index (χ1v) is 12.4. The number of aryl methyl sites for hydroxylation is 1. The molecule has 0 aliphatic heterocycles. The van der Waals surface area contributed by atoms with Crippen LogP contribution in [0.15, 0.2) is 48.5 Å². The van der Waals surface area contributed by atoms with Gasteiger partial charge in [-0.3, -0.25) is 9.59 Å². The fourth-order valence-corrected chi connectivity index (χ4v) is 4.91. The minimum absolute atomic E-state index is 0.0360. The highest BCUT2D eigenvalue weighted by atomic mass is 35.5. The molecule has 31 heavy (non-hydrogen) atoms. The van der Waals surface area contributed by atoms with Crippen molar-refractivity contribution in [3.05, 3.63) is 70.2 Å². The van der Waals surface area contributed by atoms with Gasteiger partial charge in [0.15, 0.2) is 0 Å². The summed E-state index contributed by atoms with van der Waals surface area (Å²) in [5.74, 6) is 0.979. The molecule has 166 valence electrons. The van der Waals surface area contributed by atoms with Gasteiger partial charge < -0.3 is 10.2 Å². The number of hydrogen-bond acceptors (Lipinski definition) is 3. The monoisotopic (exact) mass is 458 g/mol. The van der Waals surface area contributed by atoms with Crippen LogP contribution in [0.2, 0.25) is 5.02 Å². The molecule has 6 heteroatoms. The Morgan fingerprint density at radius 2 is 1.84 bits per heavy atom. The highest BCUT2D eigenvalue weighted by Gasteiger charge is 2.28. The number of nitrogens with one attached hydrogen (secondary N) is 1. The van der Waals surface area contributed by atoms with E-state index in [9.17, 15) is 9.59 Å². The highest BCUT2D eigenvalue weighted by molar-refractivity contribution is 7.99. The van der Waals surface area contributed by atoms with Crippen LogP contribution in [0, 0.1) is 6.92 Å². The van der Waals surface area contributed by atoms with E-state index in [2.05, 4.69) is 36.5 Å². The first kappa shape index (κ1) is 23.7. The van der Waals surface area contributed by atoms with Crippen molar-refractivity contribution in [3.8, 4) is 0 Å². The lowest BCUT2D eigenvalue weighted by molar-refractivity contribution is -0.138. The SMILES string of the molecule is Cc1ccc(CSCC(=O)N(Cc2cccc(Cl)c2)C(C)C(=O)NC2CCCC2)cc1. The first-order valence-electron chi connectivity index (χ1n) is 10.9. The third-order valence-corrected chi connectivity index (χ3v) is 6.95. The zero-order valence-electron chi connectivity index (χ0n) is 18.3. The number of halogens is 1. The smallest absolute Gasteiger partial charge is 0.242 e. The number of carbonyl (C=O) groups is 2. The molecule has 1 fully saturated rings. The molecule has 2 amide bonds. The summed E-state index contributed by atoms with van der Waals surface area (Å²) in [6.45, 7) is 4.24. The number of hydrogen-bond donors (Lipinski definition) is 1. The van der Waals surface area contributed by atoms with E-state index >= 15 is 0 Å². The second kappa shape index (κ2) is 11.6. The van der Waals surface area contributed by atoms with E-state index in [4.69, 9.17) is 11.6 Å². The Morgan fingerprint density at radius 3 is 2.52 bits per heavy atom. The maximum absolute atomic E-state index is 13.2. The summed E-state index contributed by atoms with van der Waals surface area (Å²) in [7, 11) is 0. The molecule has 0 saturated heterocycles. The maximum atomic E-state index is 13.2. The van der Waals surface area contributed by atoms with Crippen LogP contribution < -0.4 is 5.32 Å². The Labute approximate surface area is 194 Å². The van der Waals surface area contributed by atoms with Gasteiger partial charge in [0.05, 0.1) is 5.75 Å². The van der Waals surface area contributed by atoms with Gasteiger partial charge in [0.2, 0.25) is 11.8 Å². The van der Waals surface area contributed by atoms with Crippen LogP contribution in [0.4, 0.5) is 0 Å². The Bertz CT molecular complexity index is 881. The van der Waals surface area contributed by atoms with E-state index in [1.165, 1.54) is 11.1 Å². The molecule has 0 bridgehead atoms. The van der Waals surface area contributed by atoms with Crippen molar-refractivity contribution in [2.24, 2.45) is 0 Å². The molecule has 4 nitrogen and oxygen atoms in total. The normalized spacial score (nSPS) is 14.9. The van der Waals surface area contributed by atoms with E-state index in [0.717, 1.165) is 37.0 Å². The summed E-state index contributed by atoms with van der Waals surface area (Å²) in [4.78, 5) is 27.7. The number of nitrogens with zero attached hydrogens (tertiary/aromatic N) is 1. The molecule has 0 spiro atoms. The van der Waals surface area contributed by atoms with Crippen LogP contribution in [0.25, 0.3) is 0 Å². The molecule has 1 saturated carbocycles. The second-order valence-corrected chi connectivity index (χ2v) is 9.72. The van der Waals surface area contributed by atoms with Crippen LogP contribution in [-0.4, -0.2) is 34.6 Å². The molecular weight excluding hydrogens is 428 g/mol. The highest BCUT2D eigenvalue weighted by Crippen LogP contribution is 2.20. The minimum Gasteiger partial charge on any atom is -0.352 e. The van der Waals surface area contributed by atoms with Crippen LogP contribution >= 0.6 is 23.4 Å². The van der Waals surface area contributed by atoms with Gasteiger partial charge >= 0.3 is 0 Å². The number of thioether (sulfide) groups is 1. The maximum Gasteiger partial charge on any atom is 0.242 e. The van der Waals surface area contributed by atoms with Gasteiger partial charge in [0.1, 0.15) is 6.04 Å². The molecule has 1 atom stereocenters. The lowest BCUT2D eigenvalue weighted by atomic mass is 10.1. The number of rotatable bonds is 9. The van der Waals surface area contributed by atoms with Gasteiger partial charge in [-0.25, -0.2) is 0 Å². The topological polar surface area (TPSA) is 49.4 Å². The summed E-state index contributed by atoms with van der Waals surface area (Å²) in [5.41, 5.74) is 3.33. The molecule has 1 N–H and O–H groups in total. The van der Waals surface area contributed by atoms with Crippen molar-refractivity contribution >= 4 is 35.2 Å². The molecule has 1 aliphatic carbocycles. The zero-order chi connectivity index (χ0) is 22.2. The Hall–Kier alpha value is -1.98. The molecule has 0 radical (unpaired) electrons. The zero-order valence-corrected chi connectivity index (χ0v) is 19.8. The average molecular weight is 459 g/mol. The van der Waals surface area contributed by atoms with Crippen molar-refractivity contribution in [1.29, 1.82) is 0 Å². The van der Waals surface area contributed by atoms with Crippen LogP contribution in [-0.2, 0) is 21.9 Å². The summed E-state index contributed by atoms with van der Waals surface area (Å²) >= 11 is 7.71. The summed E-state index contributed by atoms with van der Waals surface area (Å²) in [6, 6.07) is 15.5. The van der Waals surface area contributed by atoms with E-state index in [-0.39, 0.29) is 17.9 Å². The quantitative estimate of drug-likeness (QED) is 0.550. The lowest BCUT2D eigenvalue weighted by Crippen LogP contribution is -2.50. The van der Waals surface area contributed by atoms with Gasteiger partial charge in [-0.2, -0.15) is 0 Å². The number of amides is 2. The predicted molar refractivity (Wildman–Crippen MR) is 129 cm³/mol. The van der Waals surface area contributed by atoms with E-state index < -0.39 is 6.04 Å². The Morgan fingerprint density at radius 1 is 1.13 bits per heavy atom. The van der Waals surface area contributed by atoms with E-state index in [0.29, 0.717) is 17.3 Å². The van der Waals surface area contributed by atoms with Gasteiger partial charge in [-0.05, 0) is 49.9 Å². The Kier molecular flexibility index (Phi) is 8.85. The molecular formula is C25H31ClN2O2S. The molecule has 3 rings (SSSR count). The van der Waals surface area contributed by atoms with Crippen LogP contribution in [0.5, 0.6) is 0 Å². The van der Waals surface area contributed by atoms with Crippen molar-refractivity contribution in [2.45, 2.75) is 63.9 Å². The Balaban J connectivity index is 1.65. The lowest BCUT2D eigenvalue weighted by Gasteiger charge is -2.29. The molecule has 1 unspecified atom stereocenters. The van der Waals surface area contributed by atoms with Crippen LogP contribution in [0.3, 0.4) is 0 Å². The number of benzene rings is 2. The van der Waals surface area contributed by atoms with E-state index in [1.54, 1.807) is 16.7 Å². The molecule has 0 heterocycles. The van der Waals surface area contributed by atoms with Crippen molar-refractivity contribution in [1.82, 2.24) is 10.2 Å².